The molecule has 1 atom stereocenters. The van der Waals surface area contributed by atoms with E-state index in [1.165, 1.54) is 31.2 Å². The molecule has 0 aromatic heterocycles. The van der Waals surface area contributed by atoms with Crippen molar-refractivity contribution in [3.63, 3.8) is 0 Å². The molecule has 2 rings (SSSR count). The van der Waals surface area contributed by atoms with Crippen molar-refractivity contribution < 1.29 is 13.2 Å². The second-order valence-electron chi connectivity index (χ2n) is 5.61. The van der Waals surface area contributed by atoms with Crippen LogP contribution in [0.1, 0.15) is 19.3 Å². The molecule has 5 nitrogen and oxygen atoms in total. The van der Waals surface area contributed by atoms with E-state index in [2.05, 4.69) is 5.32 Å². The predicted octanol–water partition coefficient (Wildman–Crippen LogP) is 1.71. The second-order valence-corrected chi connectivity index (χ2v) is 7.76. The summed E-state index contributed by atoms with van der Waals surface area (Å²) in [6, 6.07) is 6.62. The van der Waals surface area contributed by atoms with Gasteiger partial charge in [0, 0.05) is 14.1 Å². The van der Waals surface area contributed by atoms with Gasteiger partial charge in [0.1, 0.15) is 5.75 Å². The van der Waals surface area contributed by atoms with E-state index in [4.69, 9.17) is 4.74 Å². The fraction of sp³-hybridized carbons (Fsp3) is 0.600. The topological polar surface area (TPSA) is 58.6 Å². The summed E-state index contributed by atoms with van der Waals surface area (Å²) in [6.07, 6.45) is 3.53. The first-order chi connectivity index (χ1) is 10.00. The van der Waals surface area contributed by atoms with Crippen LogP contribution in [0.2, 0.25) is 0 Å². The fourth-order valence-corrected chi connectivity index (χ4v) is 3.33. The lowest BCUT2D eigenvalue weighted by Gasteiger charge is -2.22. The second kappa shape index (κ2) is 7.24. The van der Waals surface area contributed by atoms with Gasteiger partial charge < -0.3 is 10.1 Å². The van der Waals surface area contributed by atoms with Gasteiger partial charge in [-0.2, -0.15) is 0 Å². The van der Waals surface area contributed by atoms with Crippen molar-refractivity contribution >= 4 is 10.0 Å². The smallest absolute Gasteiger partial charge is 0.242 e. The average Bonchev–Trinajstić information content (AvgIpc) is 2.49. The van der Waals surface area contributed by atoms with E-state index < -0.39 is 10.0 Å². The van der Waals surface area contributed by atoms with E-state index in [0.29, 0.717) is 12.5 Å². The third kappa shape index (κ3) is 4.43. The van der Waals surface area contributed by atoms with Gasteiger partial charge in [0.15, 0.2) is 0 Å². The molecule has 21 heavy (non-hydrogen) atoms. The maximum absolute atomic E-state index is 11.9. The summed E-state index contributed by atoms with van der Waals surface area (Å²) in [6.45, 7) is 2.87. The molecule has 118 valence electrons. The van der Waals surface area contributed by atoms with Crippen LogP contribution in [0.15, 0.2) is 29.2 Å². The Bertz CT molecular complexity index is 535. The molecule has 0 aliphatic carbocycles. The van der Waals surface area contributed by atoms with Crippen LogP contribution in [0.5, 0.6) is 5.75 Å². The minimum absolute atomic E-state index is 0.288. The van der Waals surface area contributed by atoms with E-state index in [1.807, 2.05) is 0 Å². The highest BCUT2D eigenvalue weighted by atomic mass is 32.2. The molecule has 1 N–H and O–H groups in total. The molecule has 1 unspecified atom stereocenters. The van der Waals surface area contributed by atoms with Crippen LogP contribution in [-0.2, 0) is 10.0 Å². The molecule has 1 fully saturated rings. The first-order valence-corrected chi connectivity index (χ1v) is 8.80. The van der Waals surface area contributed by atoms with E-state index in [0.717, 1.165) is 25.3 Å². The zero-order valence-corrected chi connectivity index (χ0v) is 13.5. The highest BCUT2D eigenvalue weighted by Gasteiger charge is 2.17. The molecular weight excluding hydrogens is 288 g/mol. The van der Waals surface area contributed by atoms with Crippen LogP contribution in [0.3, 0.4) is 0 Å². The summed E-state index contributed by atoms with van der Waals surface area (Å²) in [5.41, 5.74) is 0. The Balaban J connectivity index is 1.85. The highest BCUT2D eigenvalue weighted by Crippen LogP contribution is 2.19. The summed E-state index contributed by atoms with van der Waals surface area (Å²) in [4.78, 5) is 0.288. The normalized spacial score (nSPS) is 19.7. The number of rotatable bonds is 6. The van der Waals surface area contributed by atoms with Crippen LogP contribution in [0, 0.1) is 5.92 Å². The Morgan fingerprint density at radius 2 is 2.00 bits per heavy atom. The van der Waals surface area contributed by atoms with Gasteiger partial charge in [0.05, 0.1) is 11.5 Å². The zero-order valence-electron chi connectivity index (χ0n) is 12.7. The Morgan fingerprint density at radius 3 is 2.57 bits per heavy atom. The monoisotopic (exact) mass is 312 g/mol. The number of benzene rings is 1. The van der Waals surface area contributed by atoms with Gasteiger partial charge in [-0.15, -0.1) is 0 Å². The zero-order chi connectivity index (χ0) is 15.3. The molecule has 1 aliphatic rings. The summed E-state index contributed by atoms with van der Waals surface area (Å²) >= 11 is 0. The molecule has 1 heterocycles. The van der Waals surface area contributed by atoms with Crippen LogP contribution in [-0.4, -0.2) is 46.5 Å². The third-order valence-corrected chi connectivity index (χ3v) is 5.63. The lowest BCUT2D eigenvalue weighted by Crippen LogP contribution is -2.30. The van der Waals surface area contributed by atoms with Gasteiger partial charge in [0.2, 0.25) is 10.0 Å². The molecule has 1 aliphatic heterocycles. The molecule has 1 aromatic carbocycles. The number of piperidine rings is 1. The van der Waals surface area contributed by atoms with Crippen LogP contribution < -0.4 is 10.1 Å². The minimum Gasteiger partial charge on any atom is -0.494 e. The molecular formula is C15H24N2O3S. The summed E-state index contributed by atoms with van der Waals surface area (Å²) in [5, 5.41) is 3.39. The Morgan fingerprint density at radius 1 is 1.29 bits per heavy atom. The predicted molar refractivity (Wildman–Crippen MR) is 83.0 cm³/mol. The SMILES string of the molecule is CN(C)S(=O)(=O)c1ccc(OCCC2CCCNC2)cc1. The third-order valence-electron chi connectivity index (χ3n) is 3.80. The molecule has 0 bridgehead atoms. The van der Waals surface area contributed by atoms with Crippen LogP contribution >= 0.6 is 0 Å². The van der Waals surface area contributed by atoms with Gasteiger partial charge in [-0.1, -0.05) is 0 Å². The van der Waals surface area contributed by atoms with Gasteiger partial charge in [0.25, 0.3) is 0 Å². The first kappa shape index (κ1) is 16.3. The number of nitrogens with one attached hydrogen (secondary N) is 1. The van der Waals surface area contributed by atoms with Crippen molar-refractivity contribution in [2.75, 3.05) is 33.8 Å². The lowest BCUT2D eigenvalue weighted by atomic mass is 9.97. The Hall–Kier alpha value is -1.11. The van der Waals surface area contributed by atoms with Crippen molar-refractivity contribution in [2.45, 2.75) is 24.2 Å². The molecule has 1 saturated heterocycles. The van der Waals surface area contributed by atoms with Crippen molar-refractivity contribution in [1.29, 1.82) is 0 Å². The minimum atomic E-state index is -3.36. The van der Waals surface area contributed by atoms with E-state index in [1.54, 1.807) is 24.3 Å². The molecule has 1 aromatic rings. The fourth-order valence-electron chi connectivity index (χ4n) is 2.43. The van der Waals surface area contributed by atoms with E-state index >= 15 is 0 Å². The lowest BCUT2D eigenvalue weighted by molar-refractivity contribution is 0.254. The Labute approximate surface area is 127 Å². The van der Waals surface area contributed by atoms with Crippen molar-refractivity contribution in [1.82, 2.24) is 9.62 Å². The number of hydrogen-bond acceptors (Lipinski definition) is 4. The molecule has 0 radical (unpaired) electrons. The highest BCUT2D eigenvalue weighted by molar-refractivity contribution is 7.89. The molecule has 0 spiro atoms. The quantitative estimate of drug-likeness (QED) is 0.869. The van der Waals surface area contributed by atoms with Gasteiger partial charge in [-0.05, 0) is 62.5 Å². The van der Waals surface area contributed by atoms with E-state index in [9.17, 15) is 8.42 Å². The van der Waals surface area contributed by atoms with Crippen molar-refractivity contribution in [3.8, 4) is 5.75 Å². The molecule has 6 heteroatoms. The molecule has 0 saturated carbocycles. The Kier molecular flexibility index (Phi) is 5.61. The van der Waals surface area contributed by atoms with Crippen LogP contribution in [0.25, 0.3) is 0 Å². The summed E-state index contributed by atoms with van der Waals surface area (Å²) in [7, 11) is -0.310. The maximum Gasteiger partial charge on any atom is 0.242 e. The van der Waals surface area contributed by atoms with Gasteiger partial charge >= 0.3 is 0 Å². The largest absolute Gasteiger partial charge is 0.494 e. The van der Waals surface area contributed by atoms with Crippen molar-refractivity contribution in [3.05, 3.63) is 24.3 Å². The van der Waals surface area contributed by atoms with E-state index in [-0.39, 0.29) is 4.90 Å². The van der Waals surface area contributed by atoms with Gasteiger partial charge in [-0.3, -0.25) is 0 Å². The number of ether oxygens (including phenoxy) is 1. The van der Waals surface area contributed by atoms with Crippen LogP contribution in [0.4, 0.5) is 0 Å². The first-order valence-electron chi connectivity index (χ1n) is 7.36. The molecule has 0 amide bonds. The standard InChI is InChI=1S/C15H24N2O3S/c1-17(2)21(18,19)15-7-5-14(6-8-15)20-11-9-13-4-3-10-16-12-13/h5-8,13,16H,3-4,9-12H2,1-2H3. The van der Waals surface area contributed by atoms with Crippen molar-refractivity contribution in [2.24, 2.45) is 5.92 Å². The number of nitrogens with zero attached hydrogens (tertiary/aromatic N) is 1. The number of hydrogen-bond donors (Lipinski definition) is 1. The summed E-state index contributed by atoms with van der Waals surface area (Å²) in [5.74, 6) is 1.41. The number of sulfonamides is 1. The summed E-state index contributed by atoms with van der Waals surface area (Å²) < 4.78 is 30.8. The maximum atomic E-state index is 11.9. The van der Waals surface area contributed by atoms with Gasteiger partial charge in [-0.25, -0.2) is 12.7 Å². The average molecular weight is 312 g/mol.